The number of aromatic nitrogens is 1. The van der Waals surface area contributed by atoms with E-state index in [1.54, 1.807) is 26.1 Å². The number of nitrogens with one attached hydrogen (secondary N) is 2. The van der Waals surface area contributed by atoms with Gasteiger partial charge in [0.15, 0.2) is 10.8 Å². The van der Waals surface area contributed by atoms with Gasteiger partial charge in [-0.3, -0.25) is 9.89 Å². The van der Waals surface area contributed by atoms with E-state index in [9.17, 15) is 9.18 Å². The third kappa shape index (κ3) is 4.38. The minimum absolute atomic E-state index is 0.123. The van der Waals surface area contributed by atoms with Gasteiger partial charge in [-0.05, 0) is 31.0 Å². The van der Waals surface area contributed by atoms with Gasteiger partial charge in [-0.1, -0.05) is 12.1 Å². The maximum absolute atomic E-state index is 14.6. The van der Waals surface area contributed by atoms with Crippen molar-refractivity contribution in [2.24, 2.45) is 4.99 Å². The van der Waals surface area contributed by atoms with E-state index in [4.69, 9.17) is 14.5 Å². The quantitative estimate of drug-likeness (QED) is 0.607. The number of esters is 1. The second-order valence-corrected chi connectivity index (χ2v) is 9.41. The molecule has 0 spiro atoms. The van der Waals surface area contributed by atoms with Crippen LogP contribution in [0.4, 0.5) is 4.39 Å². The van der Waals surface area contributed by atoms with Crippen molar-refractivity contribution in [1.82, 2.24) is 20.5 Å². The number of hydrogen-bond donors (Lipinski definition) is 2. The highest BCUT2D eigenvalue weighted by molar-refractivity contribution is 7.11. The van der Waals surface area contributed by atoms with Gasteiger partial charge in [-0.25, -0.2) is 14.2 Å². The van der Waals surface area contributed by atoms with Crippen molar-refractivity contribution in [2.75, 3.05) is 39.4 Å². The molecule has 0 aliphatic carbocycles. The van der Waals surface area contributed by atoms with Crippen molar-refractivity contribution >= 4 is 23.1 Å². The molecule has 3 aliphatic rings. The van der Waals surface area contributed by atoms with Gasteiger partial charge in [0, 0.05) is 43.5 Å². The second kappa shape index (κ2) is 9.91. The Labute approximate surface area is 201 Å². The Bertz CT molecular complexity index is 1120. The van der Waals surface area contributed by atoms with Crippen molar-refractivity contribution < 1.29 is 18.7 Å². The third-order valence-corrected chi connectivity index (χ3v) is 7.31. The number of carbonyl (C=O) groups is 1. The Hall–Kier alpha value is -2.66. The lowest BCUT2D eigenvalue weighted by Gasteiger charge is -2.38. The van der Waals surface area contributed by atoms with Crippen LogP contribution in [0.5, 0.6) is 0 Å². The molecule has 4 heterocycles. The van der Waals surface area contributed by atoms with Crippen LogP contribution in [-0.4, -0.2) is 73.2 Å². The van der Waals surface area contributed by atoms with E-state index in [1.807, 2.05) is 11.4 Å². The molecule has 34 heavy (non-hydrogen) atoms. The molecule has 1 aromatic heterocycles. The van der Waals surface area contributed by atoms with E-state index in [0.29, 0.717) is 46.4 Å². The van der Waals surface area contributed by atoms with Gasteiger partial charge in [0.2, 0.25) is 0 Å². The molecule has 0 radical (unpaired) electrons. The molecule has 3 aliphatic heterocycles. The fraction of sp³-hybridized carbons (Fsp3) is 0.458. The molecule has 0 amide bonds. The van der Waals surface area contributed by atoms with Gasteiger partial charge >= 0.3 is 5.97 Å². The number of ether oxygens (including phenoxy) is 2. The van der Waals surface area contributed by atoms with Crippen molar-refractivity contribution in [3.8, 4) is 0 Å². The average molecular weight is 486 g/mol. The summed E-state index contributed by atoms with van der Waals surface area (Å²) in [6, 6.07) is 4.39. The summed E-state index contributed by atoms with van der Waals surface area (Å²) in [4.78, 5) is 24.9. The molecule has 1 aromatic carbocycles. The first kappa shape index (κ1) is 23.1. The van der Waals surface area contributed by atoms with E-state index < -0.39 is 12.0 Å². The maximum Gasteiger partial charge on any atom is 0.338 e. The van der Waals surface area contributed by atoms with Gasteiger partial charge < -0.3 is 20.1 Å². The zero-order valence-electron chi connectivity index (χ0n) is 19.2. The first-order valence-electron chi connectivity index (χ1n) is 11.5. The van der Waals surface area contributed by atoms with Crippen molar-refractivity contribution in [3.63, 3.8) is 0 Å². The normalized spacial score (nSPS) is 25.0. The number of nitrogens with zero attached hydrogens (tertiary/aromatic N) is 3. The van der Waals surface area contributed by atoms with E-state index in [0.717, 1.165) is 19.6 Å². The van der Waals surface area contributed by atoms with Crippen LogP contribution in [-0.2, 0) is 14.3 Å². The molecule has 2 aromatic rings. The molecule has 8 nitrogen and oxygen atoms in total. The van der Waals surface area contributed by atoms with Crippen LogP contribution in [0, 0.1) is 12.7 Å². The molecular formula is C24H28FN5O3S. The summed E-state index contributed by atoms with van der Waals surface area (Å²) in [5.41, 5.74) is 2.22. The highest BCUT2D eigenvalue weighted by Gasteiger charge is 2.39. The summed E-state index contributed by atoms with van der Waals surface area (Å²) in [6.45, 7) is 7.24. The van der Waals surface area contributed by atoms with Crippen LogP contribution in [0.15, 0.2) is 46.0 Å². The first-order valence-corrected chi connectivity index (χ1v) is 12.4. The lowest BCUT2D eigenvalue weighted by Crippen LogP contribution is -2.53. The number of halogens is 1. The second-order valence-electron chi connectivity index (χ2n) is 8.51. The van der Waals surface area contributed by atoms with Crippen molar-refractivity contribution in [2.45, 2.75) is 32.0 Å². The van der Waals surface area contributed by atoms with Crippen LogP contribution >= 0.6 is 11.3 Å². The Balaban J connectivity index is 1.60. The van der Waals surface area contributed by atoms with Gasteiger partial charge in [-0.15, -0.1) is 11.3 Å². The molecule has 180 valence electrons. The summed E-state index contributed by atoms with van der Waals surface area (Å²) in [5, 5.41) is 9.37. The minimum Gasteiger partial charge on any atom is -0.463 e. The molecule has 2 N–H and O–H groups in total. The number of rotatable bonds is 6. The number of amidine groups is 1. The van der Waals surface area contributed by atoms with Crippen LogP contribution < -0.4 is 10.6 Å². The number of aliphatic imine (C=N–C) groups is 1. The molecule has 0 bridgehead atoms. The van der Waals surface area contributed by atoms with Crippen molar-refractivity contribution in [3.05, 3.63) is 63.0 Å². The fourth-order valence-corrected chi connectivity index (χ4v) is 5.41. The Morgan fingerprint density at radius 2 is 2.26 bits per heavy atom. The predicted molar refractivity (Wildman–Crippen MR) is 127 cm³/mol. The molecule has 3 atom stereocenters. The SMILES string of the molecule is CCOC(=O)C1=C(CN2CCO[C@@H]3CNC[C@@H]32)NC(c2nccs2)=N[C@H]1c1cccc(F)c1C. The topological polar surface area (TPSA) is 88.1 Å². The van der Waals surface area contributed by atoms with Crippen LogP contribution in [0.3, 0.4) is 0 Å². The monoisotopic (exact) mass is 485 g/mol. The van der Waals surface area contributed by atoms with E-state index in [2.05, 4.69) is 20.5 Å². The number of carbonyl (C=O) groups excluding carboxylic acids is 1. The standard InChI is InChI=1S/C24H28FN5O3S/c1-3-32-24(31)20-17(13-30-8-9-33-19-12-26-11-18(19)30)28-22(23-27-7-10-34-23)29-21(20)15-5-4-6-16(25)14(15)2/h4-7,10,18-19,21,26H,3,8-9,11-13H2,1-2H3,(H,28,29)/t18-,19+,21-/m0/s1. The largest absolute Gasteiger partial charge is 0.463 e. The van der Waals surface area contributed by atoms with Crippen molar-refractivity contribution in [1.29, 1.82) is 0 Å². The molecule has 5 rings (SSSR count). The first-order chi connectivity index (χ1) is 16.6. The zero-order chi connectivity index (χ0) is 23.7. The highest BCUT2D eigenvalue weighted by Crippen LogP contribution is 2.35. The zero-order valence-corrected chi connectivity index (χ0v) is 20.0. The molecule has 2 fully saturated rings. The Morgan fingerprint density at radius 1 is 1.38 bits per heavy atom. The summed E-state index contributed by atoms with van der Waals surface area (Å²) < 4.78 is 26.0. The fourth-order valence-electron chi connectivity index (χ4n) is 4.83. The lowest BCUT2D eigenvalue weighted by atomic mass is 9.92. The predicted octanol–water partition coefficient (Wildman–Crippen LogP) is 2.17. The van der Waals surface area contributed by atoms with E-state index >= 15 is 0 Å². The lowest BCUT2D eigenvalue weighted by molar-refractivity contribution is -0.139. The number of morpholine rings is 1. The number of benzene rings is 1. The molecule has 0 saturated carbocycles. The van der Waals surface area contributed by atoms with E-state index in [1.165, 1.54) is 17.4 Å². The maximum atomic E-state index is 14.6. The van der Waals surface area contributed by atoms with Gasteiger partial charge in [0.1, 0.15) is 11.9 Å². The van der Waals surface area contributed by atoms with Crippen LogP contribution in [0.1, 0.15) is 29.1 Å². The number of fused-ring (bicyclic) bond motifs is 1. The Kier molecular flexibility index (Phi) is 6.73. The summed E-state index contributed by atoms with van der Waals surface area (Å²) in [7, 11) is 0. The number of hydrogen-bond acceptors (Lipinski definition) is 9. The minimum atomic E-state index is -0.705. The summed E-state index contributed by atoms with van der Waals surface area (Å²) in [6.07, 6.45) is 1.84. The van der Waals surface area contributed by atoms with E-state index in [-0.39, 0.29) is 24.6 Å². The van der Waals surface area contributed by atoms with Gasteiger partial charge in [0.05, 0.1) is 30.9 Å². The highest BCUT2D eigenvalue weighted by atomic mass is 32.1. The summed E-state index contributed by atoms with van der Waals surface area (Å²) in [5.74, 6) is -0.212. The molecular weight excluding hydrogens is 457 g/mol. The molecule has 2 saturated heterocycles. The smallest absolute Gasteiger partial charge is 0.338 e. The Morgan fingerprint density at radius 3 is 3.06 bits per heavy atom. The number of thiazole rings is 1. The van der Waals surface area contributed by atoms with Crippen LogP contribution in [0.25, 0.3) is 0 Å². The average Bonchev–Trinajstić information content (AvgIpc) is 3.53. The molecule has 10 heteroatoms. The molecule has 0 unspecified atom stereocenters. The van der Waals surface area contributed by atoms with Crippen LogP contribution in [0.2, 0.25) is 0 Å². The summed E-state index contributed by atoms with van der Waals surface area (Å²) >= 11 is 1.46. The van der Waals surface area contributed by atoms with Gasteiger partial charge in [0.25, 0.3) is 0 Å². The third-order valence-electron chi connectivity index (χ3n) is 6.53. The van der Waals surface area contributed by atoms with Gasteiger partial charge in [-0.2, -0.15) is 0 Å².